The molecule has 226 valence electrons. The summed E-state index contributed by atoms with van der Waals surface area (Å²) in [7, 11) is 0. The summed E-state index contributed by atoms with van der Waals surface area (Å²) in [4.78, 5) is 52.7. The number of aromatic amines is 2. The standard InChI is InChI=1S/C31H35ClN6O5/c1-18-14-20(29(41)37-10-12-38(13-11-37)30(42)43-31(2,3)4)16-23-26(18)36-27(35-23)25-22(8-9-33-28(25)40)34-17-24(39)19-6-5-7-21(32)15-19/h5-9,14-16,24,39H,10-13,17H2,1-4H3,(H,35,36)(H2,33,34,40). The molecule has 1 fully saturated rings. The number of pyridine rings is 1. The summed E-state index contributed by atoms with van der Waals surface area (Å²) in [6.45, 7) is 9.00. The number of piperazine rings is 1. The molecule has 1 unspecified atom stereocenters. The van der Waals surface area contributed by atoms with Crippen LogP contribution in [0.5, 0.6) is 0 Å². The molecular formula is C31H35ClN6O5. The van der Waals surface area contributed by atoms with Crippen LogP contribution in [0.25, 0.3) is 22.4 Å². The zero-order chi connectivity index (χ0) is 30.9. The molecule has 1 saturated heterocycles. The molecule has 4 aromatic rings. The number of carbonyl (C=O) groups is 2. The van der Waals surface area contributed by atoms with Crippen molar-refractivity contribution in [3.8, 4) is 11.4 Å². The molecule has 2 aromatic heterocycles. The average Bonchev–Trinajstić information content (AvgIpc) is 3.39. The summed E-state index contributed by atoms with van der Waals surface area (Å²) in [6, 6.07) is 12.2. The predicted molar refractivity (Wildman–Crippen MR) is 165 cm³/mol. The number of carbonyl (C=O) groups excluding carboxylic acids is 2. The number of anilines is 1. The van der Waals surface area contributed by atoms with Crippen LogP contribution < -0.4 is 10.9 Å². The highest BCUT2D eigenvalue weighted by molar-refractivity contribution is 6.30. The summed E-state index contributed by atoms with van der Waals surface area (Å²) >= 11 is 6.06. The Hall–Kier alpha value is -4.35. The lowest BCUT2D eigenvalue weighted by Crippen LogP contribution is -2.51. The van der Waals surface area contributed by atoms with Crippen molar-refractivity contribution >= 4 is 40.3 Å². The molecule has 0 aliphatic carbocycles. The van der Waals surface area contributed by atoms with Gasteiger partial charge in [0.15, 0.2) is 0 Å². The highest BCUT2D eigenvalue weighted by Crippen LogP contribution is 2.28. The minimum absolute atomic E-state index is 0.135. The fraction of sp³-hybridized carbons (Fsp3) is 0.355. The lowest BCUT2D eigenvalue weighted by Gasteiger charge is -2.35. The maximum atomic E-state index is 13.4. The minimum Gasteiger partial charge on any atom is -0.444 e. The van der Waals surface area contributed by atoms with E-state index < -0.39 is 11.7 Å². The molecule has 4 N–H and O–H groups in total. The van der Waals surface area contributed by atoms with Gasteiger partial charge in [-0.1, -0.05) is 23.7 Å². The Labute approximate surface area is 253 Å². The first-order chi connectivity index (χ1) is 20.4. The van der Waals surface area contributed by atoms with Crippen LogP contribution in [0.4, 0.5) is 10.5 Å². The number of H-pyrrole nitrogens is 2. The molecule has 11 nitrogen and oxygen atoms in total. The number of fused-ring (bicyclic) bond motifs is 1. The van der Waals surface area contributed by atoms with Crippen LogP contribution in [0, 0.1) is 6.92 Å². The fourth-order valence-corrected chi connectivity index (χ4v) is 5.23. The second kappa shape index (κ2) is 12.1. The minimum atomic E-state index is -0.858. The van der Waals surface area contributed by atoms with Gasteiger partial charge in [-0.2, -0.15) is 0 Å². The highest BCUT2D eigenvalue weighted by Gasteiger charge is 2.28. The number of hydrogen-bond donors (Lipinski definition) is 4. The van der Waals surface area contributed by atoms with Crippen molar-refractivity contribution in [3.63, 3.8) is 0 Å². The van der Waals surface area contributed by atoms with Crippen LogP contribution in [-0.4, -0.2) is 80.2 Å². The van der Waals surface area contributed by atoms with Gasteiger partial charge in [-0.15, -0.1) is 0 Å². The number of nitrogens with one attached hydrogen (secondary N) is 3. The predicted octanol–water partition coefficient (Wildman–Crippen LogP) is 4.72. The van der Waals surface area contributed by atoms with Gasteiger partial charge in [0.1, 0.15) is 17.0 Å². The van der Waals surface area contributed by atoms with E-state index in [1.54, 1.807) is 52.3 Å². The van der Waals surface area contributed by atoms with Crippen molar-refractivity contribution in [2.75, 3.05) is 38.0 Å². The first kappa shape index (κ1) is 30.1. The van der Waals surface area contributed by atoms with E-state index in [0.29, 0.717) is 64.9 Å². The Bertz CT molecular complexity index is 1720. The molecule has 1 aliphatic heterocycles. The van der Waals surface area contributed by atoms with E-state index in [2.05, 4.69) is 15.3 Å². The maximum Gasteiger partial charge on any atom is 0.410 e. The number of halogens is 1. The number of amides is 2. The van der Waals surface area contributed by atoms with Crippen molar-refractivity contribution in [3.05, 3.63) is 80.7 Å². The summed E-state index contributed by atoms with van der Waals surface area (Å²) < 4.78 is 5.45. The van der Waals surface area contributed by atoms with E-state index in [0.717, 1.165) is 5.56 Å². The molecule has 1 aliphatic rings. The largest absolute Gasteiger partial charge is 0.444 e. The van der Waals surface area contributed by atoms with E-state index >= 15 is 0 Å². The smallest absolute Gasteiger partial charge is 0.410 e. The van der Waals surface area contributed by atoms with Crippen molar-refractivity contribution in [1.29, 1.82) is 0 Å². The lowest BCUT2D eigenvalue weighted by atomic mass is 10.1. The van der Waals surface area contributed by atoms with Crippen LogP contribution in [0.2, 0.25) is 5.02 Å². The third-order valence-corrected chi connectivity index (χ3v) is 7.39. The number of rotatable bonds is 6. The number of hydrogen-bond acceptors (Lipinski definition) is 7. The third kappa shape index (κ3) is 6.84. The number of benzene rings is 2. The molecule has 1 atom stereocenters. The van der Waals surface area contributed by atoms with Gasteiger partial charge >= 0.3 is 6.09 Å². The van der Waals surface area contributed by atoms with E-state index in [1.807, 2.05) is 27.7 Å². The molecule has 3 heterocycles. The summed E-state index contributed by atoms with van der Waals surface area (Å²) in [6.07, 6.45) is 0.279. The van der Waals surface area contributed by atoms with Crippen molar-refractivity contribution in [2.24, 2.45) is 0 Å². The van der Waals surface area contributed by atoms with Gasteiger partial charge in [-0.3, -0.25) is 9.59 Å². The second-order valence-electron chi connectivity index (χ2n) is 11.6. The Morgan fingerprint density at radius 3 is 2.53 bits per heavy atom. The van der Waals surface area contributed by atoms with Crippen LogP contribution in [-0.2, 0) is 4.74 Å². The normalized spacial score (nSPS) is 14.6. The van der Waals surface area contributed by atoms with E-state index in [-0.39, 0.29) is 29.7 Å². The topological polar surface area (TPSA) is 144 Å². The molecule has 0 radical (unpaired) electrons. The summed E-state index contributed by atoms with van der Waals surface area (Å²) in [5.41, 5.74) is 2.97. The zero-order valence-electron chi connectivity index (χ0n) is 24.5. The monoisotopic (exact) mass is 606 g/mol. The molecule has 12 heteroatoms. The first-order valence-corrected chi connectivity index (χ1v) is 14.4. The van der Waals surface area contributed by atoms with Crippen LogP contribution in [0.1, 0.15) is 48.4 Å². The van der Waals surface area contributed by atoms with Crippen molar-refractivity contribution < 1.29 is 19.4 Å². The Morgan fingerprint density at radius 2 is 1.84 bits per heavy atom. The Morgan fingerprint density at radius 1 is 1.12 bits per heavy atom. The molecule has 2 amide bonds. The number of nitrogens with zero attached hydrogens (tertiary/aromatic N) is 3. The number of aliphatic hydroxyl groups is 1. The van der Waals surface area contributed by atoms with Crippen LogP contribution in [0.15, 0.2) is 53.5 Å². The number of aryl methyl sites for hydroxylation is 1. The average molecular weight is 607 g/mol. The van der Waals surface area contributed by atoms with Crippen molar-refractivity contribution in [1.82, 2.24) is 24.8 Å². The van der Waals surface area contributed by atoms with Gasteiger partial charge in [-0.05, 0) is 69.2 Å². The van der Waals surface area contributed by atoms with Crippen LogP contribution >= 0.6 is 11.6 Å². The number of imidazole rings is 1. The molecule has 0 saturated carbocycles. The van der Waals surface area contributed by atoms with Gasteiger partial charge in [-0.25, -0.2) is 9.78 Å². The van der Waals surface area contributed by atoms with E-state index in [4.69, 9.17) is 21.3 Å². The Kier molecular flexibility index (Phi) is 8.48. The fourth-order valence-electron chi connectivity index (χ4n) is 5.03. The molecule has 0 bridgehead atoms. The van der Waals surface area contributed by atoms with E-state index in [9.17, 15) is 19.5 Å². The molecule has 5 rings (SSSR count). The number of aliphatic hydroxyl groups excluding tert-OH is 1. The molecular weight excluding hydrogens is 572 g/mol. The SMILES string of the molecule is Cc1cc(C(=O)N2CCN(C(=O)OC(C)(C)C)CC2)cc2[nH]c(-c3c(NCC(O)c4cccc(Cl)c4)cc[nH]c3=O)nc12. The lowest BCUT2D eigenvalue weighted by molar-refractivity contribution is 0.0141. The number of ether oxygens (including phenoxy) is 1. The zero-order valence-corrected chi connectivity index (χ0v) is 25.3. The second-order valence-corrected chi connectivity index (χ2v) is 12.0. The van der Waals surface area contributed by atoms with Crippen molar-refractivity contribution in [2.45, 2.75) is 39.4 Å². The highest BCUT2D eigenvalue weighted by atomic mass is 35.5. The van der Waals surface area contributed by atoms with Gasteiger partial charge < -0.3 is 34.9 Å². The van der Waals surface area contributed by atoms with Gasteiger partial charge in [0.05, 0.1) is 22.8 Å². The Balaban J connectivity index is 1.34. The van der Waals surface area contributed by atoms with Crippen LogP contribution in [0.3, 0.4) is 0 Å². The number of aromatic nitrogens is 3. The van der Waals surface area contributed by atoms with E-state index in [1.165, 1.54) is 6.20 Å². The third-order valence-electron chi connectivity index (χ3n) is 7.16. The molecule has 43 heavy (non-hydrogen) atoms. The first-order valence-electron chi connectivity index (χ1n) is 14.1. The van der Waals surface area contributed by atoms with Gasteiger partial charge in [0.25, 0.3) is 11.5 Å². The van der Waals surface area contributed by atoms with Gasteiger partial charge in [0, 0.05) is 49.5 Å². The van der Waals surface area contributed by atoms with Gasteiger partial charge in [0.2, 0.25) is 0 Å². The summed E-state index contributed by atoms with van der Waals surface area (Å²) in [5, 5.41) is 14.3. The molecule has 0 spiro atoms. The maximum absolute atomic E-state index is 13.4. The molecule has 2 aromatic carbocycles. The summed E-state index contributed by atoms with van der Waals surface area (Å²) in [5.74, 6) is 0.176. The quantitative estimate of drug-likeness (QED) is 0.249.